The Bertz CT molecular complexity index is 535. The highest BCUT2D eigenvalue weighted by atomic mass is 16.2. The molecule has 1 atom stereocenters. The van der Waals surface area contributed by atoms with Gasteiger partial charge in [-0.25, -0.2) is 0 Å². The molecule has 1 unspecified atom stereocenters. The molecule has 4 heteroatoms. The second-order valence-electron chi connectivity index (χ2n) is 5.73. The molecular weight excluding hydrogens is 252 g/mol. The third-order valence-corrected chi connectivity index (χ3v) is 4.33. The fraction of sp³-hybridized carbons (Fsp3) is 0.500. The van der Waals surface area contributed by atoms with Gasteiger partial charge < -0.3 is 5.73 Å². The topological polar surface area (TPSA) is 63.4 Å². The molecule has 1 heterocycles. The summed E-state index contributed by atoms with van der Waals surface area (Å²) in [7, 11) is 0. The zero-order valence-electron chi connectivity index (χ0n) is 11.6. The van der Waals surface area contributed by atoms with E-state index in [1.807, 2.05) is 18.2 Å². The van der Waals surface area contributed by atoms with E-state index < -0.39 is 0 Å². The van der Waals surface area contributed by atoms with Crippen LogP contribution in [0.3, 0.4) is 0 Å². The fourth-order valence-electron chi connectivity index (χ4n) is 3.36. The summed E-state index contributed by atoms with van der Waals surface area (Å²) in [6.07, 6.45) is 5.48. The summed E-state index contributed by atoms with van der Waals surface area (Å²) in [5.74, 6) is -0.0237. The zero-order chi connectivity index (χ0) is 14.1. The van der Waals surface area contributed by atoms with Gasteiger partial charge in [-0.05, 0) is 55.4 Å². The number of rotatable bonds is 1. The highest BCUT2D eigenvalue weighted by Gasteiger charge is 2.34. The Labute approximate surface area is 118 Å². The van der Waals surface area contributed by atoms with E-state index in [1.54, 1.807) is 0 Å². The molecule has 0 radical (unpaired) electrons. The summed E-state index contributed by atoms with van der Waals surface area (Å²) < 4.78 is 0. The summed E-state index contributed by atoms with van der Waals surface area (Å²) in [5.41, 5.74) is 8.88. The van der Waals surface area contributed by atoms with Crippen LogP contribution in [0, 0.1) is 0 Å². The Hall–Kier alpha value is -1.84. The highest BCUT2D eigenvalue weighted by Crippen LogP contribution is 2.37. The lowest BCUT2D eigenvalue weighted by atomic mass is 9.86. The number of carbonyl (C=O) groups excluding carboxylic acids is 2. The maximum Gasteiger partial charge on any atom is 0.229 e. The first kappa shape index (κ1) is 13.2. The molecule has 1 aliphatic carbocycles. The van der Waals surface area contributed by atoms with Crippen molar-refractivity contribution in [3.05, 3.63) is 29.3 Å². The van der Waals surface area contributed by atoms with Gasteiger partial charge in [-0.3, -0.25) is 14.5 Å². The van der Waals surface area contributed by atoms with Gasteiger partial charge in [0.2, 0.25) is 11.8 Å². The van der Waals surface area contributed by atoms with Crippen LogP contribution >= 0.6 is 0 Å². The number of amides is 2. The number of imide groups is 1. The molecule has 1 aliphatic heterocycles. The number of aryl methyl sites for hydroxylation is 1. The first-order valence-electron chi connectivity index (χ1n) is 7.40. The fourth-order valence-corrected chi connectivity index (χ4v) is 3.36. The number of likely N-dealkylation sites (tertiary alicyclic amines) is 1. The first-order chi connectivity index (χ1) is 9.66. The molecule has 2 aliphatic rings. The van der Waals surface area contributed by atoms with Crippen LogP contribution in [0.5, 0.6) is 0 Å². The third kappa shape index (κ3) is 2.30. The van der Waals surface area contributed by atoms with E-state index in [4.69, 9.17) is 5.73 Å². The van der Waals surface area contributed by atoms with Crippen molar-refractivity contribution in [1.82, 2.24) is 4.90 Å². The summed E-state index contributed by atoms with van der Waals surface area (Å²) >= 11 is 0. The Morgan fingerprint density at radius 1 is 1.00 bits per heavy atom. The van der Waals surface area contributed by atoms with E-state index in [9.17, 15) is 9.59 Å². The van der Waals surface area contributed by atoms with Gasteiger partial charge in [0.15, 0.2) is 0 Å². The number of nitrogens with zero attached hydrogens (tertiary/aromatic N) is 1. The Balaban J connectivity index is 1.98. The van der Waals surface area contributed by atoms with Gasteiger partial charge in [0, 0.05) is 18.5 Å². The van der Waals surface area contributed by atoms with Crippen molar-refractivity contribution in [2.45, 2.75) is 51.0 Å². The minimum atomic E-state index is -0.0857. The number of hydrogen-bond donors (Lipinski definition) is 1. The van der Waals surface area contributed by atoms with E-state index >= 15 is 0 Å². The third-order valence-electron chi connectivity index (χ3n) is 4.33. The predicted octanol–water partition coefficient (Wildman–Crippen LogP) is 2.58. The highest BCUT2D eigenvalue weighted by molar-refractivity contribution is 5.96. The van der Waals surface area contributed by atoms with Crippen molar-refractivity contribution >= 4 is 17.5 Å². The van der Waals surface area contributed by atoms with Gasteiger partial charge in [0.25, 0.3) is 0 Å². The average Bonchev–Trinajstić information content (AvgIpc) is 2.59. The lowest BCUT2D eigenvalue weighted by molar-refractivity contribution is -0.147. The van der Waals surface area contributed by atoms with Gasteiger partial charge in [-0.15, -0.1) is 0 Å². The van der Waals surface area contributed by atoms with Crippen molar-refractivity contribution in [3.8, 4) is 0 Å². The monoisotopic (exact) mass is 272 g/mol. The summed E-state index contributed by atoms with van der Waals surface area (Å²) in [6, 6.07) is 5.75. The number of hydrogen-bond acceptors (Lipinski definition) is 3. The van der Waals surface area contributed by atoms with Crippen LogP contribution in [0.1, 0.15) is 55.7 Å². The Kier molecular flexibility index (Phi) is 3.47. The minimum absolute atomic E-state index is 0.0119. The largest absolute Gasteiger partial charge is 0.399 e. The number of fused-ring (bicyclic) bond motifs is 1. The lowest BCUT2D eigenvalue weighted by Gasteiger charge is -2.34. The van der Waals surface area contributed by atoms with Crippen LogP contribution in [0.25, 0.3) is 0 Å². The van der Waals surface area contributed by atoms with Crippen molar-refractivity contribution < 1.29 is 9.59 Å². The number of nitrogen functional groups attached to an aromatic ring is 1. The molecule has 2 amide bonds. The molecule has 0 aromatic heterocycles. The van der Waals surface area contributed by atoms with Crippen molar-refractivity contribution in [2.75, 3.05) is 5.73 Å². The molecule has 3 rings (SSSR count). The van der Waals surface area contributed by atoms with Gasteiger partial charge in [0.05, 0.1) is 6.04 Å². The normalized spacial score (nSPS) is 23.4. The molecular formula is C16H20N2O2. The number of benzene rings is 1. The molecule has 4 nitrogen and oxygen atoms in total. The van der Waals surface area contributed by atoms with Crippen molar-refractivity contribution in [2.24, 2.45) is 0 Å². The van der Waals surface area contributed by atoms with E-state index in [0.29, 0.717) is 12.8 Å². The van der Waals surface area contributed by atoms with Crippen molar-refractivity contribution in [1.29, 1.82) is 0 Å². The first-order valence-corrected chi connectivity index (χ1v) is 7.40. The molecule has 106 valence electrons. The molecule has 1 aromatic carbocycles. The summed E-state index contributed by atoms with van der Waals surface area (Å²) in [6.45, 7) is 0. The average molecular weight is 272 g/mol. The molecule has 0 bridgehead atoms. The second-order valence-corrected chi connectivity index (χ2v) is 5.73. The van der Waals surface area contributed by atoms with Gasteiger partial charge in [-0.2, -0.15) is 0 Å². The smallest absolute Gasteiger partial charge is 0.229 e. The summed E-state index contributed by atoms with van der Waals surface area (Å²) in [5, 5.41) is 0. The standard InChI is InChI=1S/C16H20N2O2/c17-12-8-9-13-11(10-12)4-3-5-14(13)18-15(19)6-1-2-7-16(18)20/h8-10,14H,1-7,17H2. The molecule has 2 N–H and O–H groups in total. The van der Waals surface area contributed by atoms with E-state index in [1.165, 1.54) is 10.5 Å². The maximum absolute atomic E-state index is 12.3. The molecule has 20 heavy (non-hydrogen) atoms. The molecule has 1 aromatic rings. The van der Waals surface area contributed by atoms with Crippen LogP contribution < -0.4 is 5.73 Å². The maximum atomic E-state index is 12.3. The molecule has 1 saturated heterocycles. The molecule has 0 spiro atoms. The van der Waals surface area contributed by atoms with Crippen molar-refractivity contribution in [3.63, 3.8) is 0 Å². The van der Waals surface area contributed by atoms with E-state index in [0.717, 1.165) is 43.4 Å². The number of anilines is 1. The predicted molar refractivity (Wildman–Crippen MR) is 76.9 cm³/mol. The molecule has 1 fully saturated rings. The quantitative estimate of drug-likeness (QED) is 0.631. The van der Waals surface area contributed by atoms with Crippen LogP contribution in [-0.2, 0) is 16.0 Å². The van der Waals surface area contributed by atoms with Gasteiger partial charge in [0.1, 0.15) is 0 Å². The Morgan fingerprint density at radius 2 is 1.70 bits per heavy atom. The zero-order valence-corrected chi connectivity index (χ0v) is 11.6. The van der Waals surface area contributed by atoms with Gasteiger partial charge >= 0.3 is 0 Å². The number of carbonyl (C=O) groups is 2. The minimum Gasteiger partial charge on any atom is -0.399 e. The summed E-state index contributed by atoms with van der Waals surface area (Å²) in [4.78, 5) is 26.1. The second kappa shape index (κ2) is 5.27. The van der Waals surface area contributed by atoms with E-state index in [-0.39, 0.29) is 17.9 Å². The van der Waals surface area contributed by atoms with E-state index in [2.05, 4.69) is 0 Å². The SMILES string of the molecule is Nc1ccc2c(c1)CCCC2N1C(=O)CCCCC1=O. The van der Waals surface area contributed by atoms with Crippen LogP contribution in [-0.4, -0.2) is 16.7 Å². The van der Waals surface area contributed by atoms with Crippen LogP contribution in [0.15, 0.2) is 18.2 Å². The number of nitrogens with two attached hydrogens (primary N) is 1. The Morgan fingerprint density at radius 3 is 2.40 bits per heavy atom. The van der Waals surface area contributed by atoms with Crippen LogP contribution in [0.2, 0.25) is 0 Å². The lowest BCUT2D eigenvalue weighted by Crippen LogP contribution is -2.40. The van der Waals surface area contributed by atoms with Crippen LogP contribution in [0.4, 0.5) is 5.69 Å². The molecule has 0 saturated carbocycles. The van der Waals surface area contributed by atoms with Gasteiger partial charge in [-0.1, -0.05) is 6.07 Å².